The van der Waals surface area contributed by atoms with Gasteiger partial charge in [-0.2, -0.15) is 11.8 Å². The number of nitrogens with two attached hydrogens (primary N) is 1. The molecule has 0 unspecified atom stereocenters. The van der Waals surface area contributed by atoms with E-state index < -0.39 is 78.8 Å². The van der Waals surface area contributed by atoms with Crippen LogP contribution in [0.5, 0.6) is 11.5 Å². The number of hydrogen-bond donors (Lipinski definition) is 10. The van der Waals surface area contributed by atoms with Crippen molar-refractivity contribution in [2.24, 2.45) is 5.73 Å². The molecule has 0 aromatic heterocycles. The number of phenolic OH excluding ortho intramolecular Hbond substituents is 2. The number of hydrogen-bond acceptors (Lipinski definition) is 11. The van der Waals surface area contributed by atoms with Gasteiger partial charge in [-0.1, -0.05) is 24.3 Å². The molecule has 2 aromatic rings. The Labute approximate surface area is 274 Å². The van der Waals surface area contributed by atoms with Crippen molar-refractivity contribution in [3.63, 3.8) is 0 Å². The van der Waals surface area contributed by atoms with Gasteiger partial charge >= 0.3 is 11.9 Å². The summed E-state index contributed by atoms with van der Waals surface area (Å²) >= 11 is 1.33. The molecule has 0 saturated heterocycles. The number of amides is 4. The van der Waals surface area contributed by atoms with Crippen LogP contribution in [0.2, 0.25) is 0 Å². The van der Waals surface area contributed by atoms with E-state index in [4.69, 9.17) is 5.73 Å². The highest BCUT2D eigenvalue weighted by Crippen LogP contribution is 2.14. The van der Waals surface area contributed by atoms with Crippen LogP contribution in [0, 0.1) is 0 Å². The molecule has 0 spiro atoms. The van der Waals surface area contributed by atoms with Crippen LogP contribution in [-0.4, -0.2) is 110 Å². The largest absolute Gasteiger partial charge is 0.508 e. The molecular formula is C30H39N5O11S. The average molecular weight is 678 g/mol. The molecule has 0 saturated carbocycles. The quantitative estimate of drug-likeness (QED) is 0.0808. The van der Waals surface area contributed by atoms with Crippen LogP contribution in [0.1, 0.15) is 24.0 Å². The van der Waals surface area contributed by atoms with E-state index in [1.807, 2.05) is 0 Å². The molecule has 2 rings (SSSR count). The summed E-state index contributed by atoms with van der Waals surface area (Å²) in [6.45, 7) is -0.736. The molecule has 0 aliphatic rings. The molecule has 5 atom stereocenters. The van der Waals surface area contributed by atoms with Crippen molar-refractivity contribution in [1.82, 2.24) is 21.3 Å². The molecule has 17 heteroatoms. The van der Waals surface area contributed by atoms with E-state index in [-0.39, 0.29) is 30.8 Å². The van der Waals surface area contributed by atoms with E-state index >= 15 is 0 Å². The highest BCUT2D eigenvalue weighted by atomic mass is 32.2. The zero-order valence-corrected chi connectivity index (χ0v) is 26.2. The Morgan fingerprint density at radius 3 is 1.57 bits per heavy atom. The lowest BCUT2D eigenvalue weighted by molar-refractivity contribution is -0.143. The molecule has 11 N–H and O–H groups in total. The highest BCUT2D eigenvalue weighted by molar-refractivity contribution is 7.98. The Kier molecular flexibility index (Phi) is 15.4. The van der Waals surface area contributed by atoms with Gasteiger partial charge in [0.05, 0.1) is 13.0 Å². The topological polar surface area (TPSA) is 278 Å². The van der Waals surface area contributed by atoms with Crippen LogP contribution in [0.15, 0.2) is 48.5 Å². The second-order valence-corrected chi connectivity index (χ2v) is 11.5. The van der Waals surface area contributed by atoms with E-state index in [2.05, 4.69) is 21.3 Å². The zero-order valence-electron chi connectivity index (χ0n) is 25.4. The fourth-order valence-electron chi connectivity index (χ4n) is 4.21. The number of aliphatic hydroxyl groups excluding tert-OH is 1. The molecule has 0 radical (unpaired) electrons. The van der Waals surface area contributed by atoms with E-state index in [0.717, 1.165) is 0 Å². The van der Waals surface area contributed by atoms with E-state index in [0.29, 0.717) is 16.9 Å². The number of rotatable bonds is 19. The fourth-order valence-corrected chi connectivity index (χ4v) is 4.68. The van der Waals surface area contributed by atoms with Crippen molar-refractivity contribution < 1.29 is 54.3 Å². The summed E-state index contributed by atoms with van der Waals surface area (Å²) in [4.78, 5) is 75.9. The SMILES string of the molecule is CSCC[C@H](NC(=O)[C@H](CC(=O)O)NC(=O)[C@H](Cc1ccc(O)cc1)NC(=O)[C@@H](N)CO)C(=O)N[C@@H](Cc1ccc(O)cc1)C(=O)O. The van der Waals surface area contributed by atoms with Crippen LogP contribution in [0.4, 0.5) is 0 Å². The van der Waals surface area contributed by atoms with Crippen molar-refractivity contribution in [2.45, 2.75) is 55.9 Å². The molecular weight excluding hydrogens is 638 g/mol. The normalized spacial score (nSPS) is 14.0. The van der Waals surface area contributed by atoms with Crippen LogP contribution in [0.3, 0.4) is 0 Å². The van der Waals surface area contributed by atoms with Gasteiger partial charge in [0.2, 0.25) is 23.6 Å². The summed E-state index contributed by atoms with van der Waals surface area (Å²) in [7, 11) is 0. The third-order valence-electron chi connectivity index (χ3n) is 6.79. The number of aromatic hydroxyl groups is 2. The summed E-state index contributed by atoms with van der Waals surface area (Å²) in [5.74, 6) is -6.40. The molecule has 0 aliphatic heterocycles. The first kappa shape index (κ1) is 38.3. The van der Waals surface area contributed by atoms with E-state index in [9.17, 15) is 54.3 Å². The zero-order chi connectivity index (χ0) is 35.1. The second kappa shape index (κ2) is 18.9. The standard InChI is InChI=1S/C30H39N5O11S/c1-47-11-10-21(27(42)35-24(30(45)46)13-17-4-8-19(38)9-5-17)32-29(44)23(14-25(39)40)34-28(43)22(33-26(41)20(31)15-36)12-16-2-6-18(37)7-3-16/h2-9,20-24,36-38H,10-15,31H2,1H3,(H,32,44)(H,33,41)(H,34,43)(H,35,42)(H,39,40)(H,45,46)/t20-,21-,22-,23-,24-/m0/s1. The van der Waals surface area contributed by atoms with Crippen molar-refractivity contribution in [2.75, 3.05) is 18.6 Å². The molecule has 47 heavy (non-hydrogen) atoms. The summed E-state index contributed by atoms with van der Waals surface area (Å²) in [5.41, 5.74) is 6.53. The molecule has 16 nitrogen and oxygen atoms in total. The third-order valence-corrected chi connectivity index (χ3v) is 7.43. The number of nitrogens with one attached hydrogen (secondary N) is 4. The Hall–Kier alpha value is -4.87. The van der Waals surface area contributed by atoms with Crippen molar-refractivity contribution >= 4 is 47.3 Å². The molecule has 0 heterocycles. The Bertz CT molecular complexity index is 1390. The number of phenols is 2. The smallest absolute Gasteiger partial charge is 0.326 e. The number of thioether (sulfide) groups is 1. The van der Waals surface area contributed by atoms with E-state index in [1.165, 1.54) is 60.3 Å². The Morgan fingerprint density at radius 2 is 1.11 bits per heavy atom. The van der Waals surface area contributed by atoms with Gasteiger partial charge < -0.3 is 52.5 Å². The lowest BCUT2D eigenvalue weighted by Crippen LogP contribution is -2.59. The second-order valence-electron chi connectivity index (χ2n) is 10.5. The maximum atomic E-state index is 13.3. The number of carboxylic acids is 2. The number of carboxylic acid groups (broad SMARTS) is 2. The van der Waals surface area contributed by atoms with Crippen molar-refractivity contribution in [1.29, 1.82) is 0 Å². The van der Waals surface area contributed by atoms with Crippen LogP contribution < -0.4 is 27.0 Å². The lowest BCUT2D eigenvalue weighted by atomic mass is 10.0. The molecule has 4 amide bonds. The Morgan fingerprint density at radius 1 is 0.681 bits per heavy atom. The summed E-state index contributed by atoms with van der Waals surface area (Å²) < 4.78 is 0. The van der Waals surface area contributed by atoms with Gasteiger partial charge in [-0.15, -0.1) is 0 Å². The first-order chi connectivity index (χ1) is 22.2. The molecule has 0 fully saturated rings. The summed E-state index contributed by atoms with van der Waals surface area (Å²) in [6.07, 6.45) is 0.532. The number of carbonyl (C=O) groups is 6. The molecule has 256 valence electrons. The third kappa shape index (κ3) is 13.2. The van der Waals surface area contributed by atoms with Crippen LogP contribution in [-0.2, 0) is 41.6 Å². The van der Waals surface area contributed by atoms with Crippen molar-refractivity contribution in [3.05, 3.63) is 59.7 Å². The molecule has 0 aliphatic carbocycles. The van der Waals surface area contributed by atoms with Gasteiger partial charge in [-0.25, -0.2) is 4.79 Å². The number of aliphatic carboxylic acids is 2. The predicted molar refractivity (Wildman–Crippen MR) is 169 cm³/mol. The maximum Gasteiger partial charge on any atom is 0.326 e. The minimum absolute atomic E-state index is 0.0244. The van der Waals surface area contributed by atoms with Gasteiger partial charge in [-0.3, -0.25) is 24.0 Å². The van der Waals surface area contributed by atoms with Gasteiger partial charge in [0.25, 0.3) is 0 Å². The first-order valence-electron chi connectivity index (χ1n) is 14.3. The predicted octanol–water partition coefficient (Wildman–Crippen LogP) is -1.55. The summed E-state index contributed by atoms with van der Waals surface area (Å²) in [5, 5.41) is 56.9. The van der Waals surface area contributed by atoms with Crippen LogP contribution in [0.25, 0.3) is 0 Å². The van der Waals surface area contributed by atoms with Gasteiger partial charge in [0.1, 0.15) is 41.7 Å². The minimum Gasteiger partial charge on any atom is -0.508 e. The summed E-state index contributed by atoms with van der Waals surface area (Å²) in [6, 6.07) is 4.04. The Balaban J connectivity index is 2.26. The number of aliphatic hydroxyl groups is 1. The fraction of sp³-hybridized carbons (Fsp3) is 0.400. The number of carbonyl (C=O) groups excluding carboxylic acids is 4. The molecule has 0 bridgehead atoms. The van der Waals surface area contributed by atoms with E-state index in [1.54, 1.807) is 6.26 Å². The molecule has 2 aromatic carbocycles. The first-order valence-corrected chi connectivity index (χ1v) is 15.7. The van der Waals surface area contributed by atoms with Crippen LogP contribution >= 0.6 is 11.8 Å². The van der Waals surface area contributed by atoms with Gasteiger partial charge in [0, 0.05) is 12.8 Å². The van der Waals surface area contributed by atoms with Gasteiger partial charge in [-0.05, 0) is 53.8 Å². The maximum absolute atomic E-state index is 13.3. The number of benzene rings is 2. The average Bonchev–Trinajstić information content (AvgIpc) is 3.02. The highest BCUT2D eigenvalue weighted by Gasteiger charge is 2.33. The van der Waals surface area contributed by atoms with Gasteiger partial charge in [0.15, 0.2) is 0 Å². The monoisotopic (exact) mass is 677 g/mol. The van der Waals surface area contributed by atoms with Crippen molar-refractivity contribution in [3.8, 4) is 11.5 Å². The lowest BCUT2D eigenvalue weighted by Gasteiger charge is -2.26. The minimum atomic E-state index is -1.73.